The zero-order valence-corrected chi connectivity index (χ0v) is 20.8. The van der Waals surface area contributed by atoms with Gasteiger partial charge in [0.1, 0.15) is 12.4 Å². The Bertz CT molecular complexity index is 1150. The summed E-state index contributed by atoms with van der Waals surface area (Å²) in [6.07, 6.45) is -0.395. The summed E-state index contributed by atoms with van der Waals surface area (Å²) in [6.45, 7) is 7.21. The molecule has 9 nitrogen and oxygen atoms in total. The standard InChI is InChI=1S/C22H29F3N6O3S/c1-15(29-35(33,34)21(2,3)4)5-6-16-7-8-26-18(11-16)31-10-9-30(14-19(31)32)20-27-12-17(13-28-20)22(23,24)25/h7-8,11-13,15,29H,5-6,9-10,14H2,1-4H3. The normalized spacial score (nSPS) is 16.5. The number of carbonyl (C=O) groups excluding carboxylic acids is 1. The smallest absolute Gasteiger partial charge is 0.330 e. The second-order valence-corrected chi connectivity index (χ2v) is 11.9. The average Bonchev–Trinajstić information content (AvgIpc) is 2.76. The molecule has 2 aromatic rings. The van der Waals surface area contributed by atoms with Gasteiger partial charge in [-0.25, -0.2) is 28.1 Å². The van der Waals surface area contributed by atoms with Crippen LogP contribution in [0.3, 0.4) is 0 Å². The van der Waals surface area contributed by atoms with Gasteiger partial charge in [-0.3, -0.25) is 9.69 Å². The Morgan fingerprint density at radius 1 is 1.11 bits per heavy atom. The number of carbonyl (C=O) groups is 1. The molecule has 1 fully saturated rings. The number of alkyl halides is 3. The summed E-state index contributed by atoms with van der Waals surface area (Å²) >= 11 is 0. The lowest BCUT2D eigenvalue weighted by Crippen LogP contribution is -2.51. The molecular formula is C22H29F3N6O3S. The van der Waals surface area contributed by atoms with E-state index in [0.29, 0.717) is 37.6 Å². The highest BCUT2D eigenvalue weighted by Crippen LogP contribution is 2.28. The van der Waals surface area contributed by atoms with Crippen molar-refractivity contribution in [3.05, 3.63) is 41.9 Å². The summed E-state index contributed by atoms with van der Waals surface area (Å²) < 4.78 is 64.6. The highest BCUT2D eigenvalue weighted by atomic mass is 32.2. The first-order chi connectivity index (χ1) is 16.2. The minimum atomic E-state index is -4.53. The summed E-state index contributed by atoms with van der Waals surface area (Å²) in [6, 6.07) is 3.32. The van der Waals surface area contributed by atoms with Gasteiger partial charge in [-0.15, -0.1) is 0 Å². The fraction of sp³-hybridized carbons (Fsp3) is 0.545. The Morgan fingerprint density at radius 2 is 1.77 bits per heavy atom. The molecule has 0 saturated carbocycles. The number of aromatic nitrogens is 3. The van der Waals surface area contributed by atoms with E-state index >= 15 is 0 Å². The van der Waals surface area contributed by atoms with Crippen molar-refractivity contribution in [3.8, 4) is 0 Å². The van der Waals surface area contributed by atoms with Crippen LogP contribution in [0.5, 0.6) is 0 Å². The average molecular weight is 515 g/mol. The predicted octanol–water partition coefficient (Wildman–Crippen LogP) is 2.78. The molecule has 0 radical (unpaired) electrons. The number of hydrogen-bond acceptors (Lipinski definition) is 7. The molecule has 1 N–H and O–H groups in total. The van der Waals surface area contributed by atoms with Crippen molar-refractivity contribution in [2.45, 2.75) is 57.5 Å². The molecule has 192 valence electrons. The third kappa shape index (κ3) is 6.66. The zero-order valence-electron chi connectivity index (χ0n) is 20.0. The fourth-order valence-corrected chi connectivity index (χ4v) is 4.37. The van der Waals surface area contributed by atoms with Gasteiger partial charge in [0.25, 0.3) is 0 Å². The van der Waals surface area contributed by atoms with E-state index in [2.05, 4.69) is 19.7 Å². The molecule has 13 heteroatoms. The molecule has 1 amide bonds. The van der Waals surface area contributed by atoms with E-state index in [0.717, 1.165) is 5.56 Å². The van der Waals surface area contributed by atoms with Crippen LogP contribution in [0, 0.1) is 0 Å². The molecular weight excluding hydrogens is 485 g/mol. The van der Waals surface area contributed by atoms with Crippen LogP contribution in [-0.2, 0) is 27.4 Å². The first-order valence-electron chi connectivity index (χ1n) is 11.1. The maximum atomic E-state index is 12.8. The third-order valence-corrected chi connectivity index (χ3v) is 7.91. The van der Waals surface area contributed by atoms with Gasteiger partial charge in [0.2, 0.25) is 21.9 Å². The van der Waals surface area contributed by atoms with Crippen LogP contribution in [0.25, 0.3) is 0 Å². The van der Waals surface area contributed by atoms with E-state index in [1.165, 1.54) is 9.80 Å². The Kier molecular flexibility index (Phi) is 7.70. The molecule has 35 heavy (non-hydrogen) atoms. The number of pyridine rings is 1. The molecule has 3 rings (SSSR count). The molecule has 3 heterocycles. The number of piperazine rings is 1. The van der Waals surface area contributed by atoms with Crippen LogP contribution in [0.4, 0.5) is 24.9 Å². The quantitative estimate of drug-likeness (QED) is 0.605. The van der Waals surface area contributed by atoms with Crippen molar-refractivity contribution in [1.82, 2.24) is 19.7 Å². The van der Waals surface area contributed by atoms with Gasteiger partial charge in [0.15, 0.2) is 0 Å². The first kappa shape index (κ1) is 26.8. The lowest BCUT2D eigenvalue weighted by molar-refractivity contribution is -0.138. The molecule has 2 aromatic heterocycles. The summed E-state index contributed by atoms with van der Waals surface area (Å²) in [7, 11) is -3.46. The van der Waals surface area contributed by atoms with Crippen LogP contribution in [0.1, 0.15) is 45.2 Å². The highest BCUT2D eigenvalue weighted by molar-refractivity contribution is 7.90. The number of hydrogen-bond donors (Lipinski definition) is 1. The third-order valence-electron chi connectivity index (χ3n) is 5.58. The Balaban J connectivity index is 1.60. The molecule has 1 unspecified atom stereocenters. The molecule has 0 spiro atoms. The summed E-state index contributed by atoms with van der Waals surface area (Å²) in [4.78, 5) is 27.6. The van der Waals surface area contributed by atoms with Crippen LogP contribution >= 0.6 is 0 Å². The largest absolute Gasteiger partial charge is 0.419 e. The maximum Gasteiger partial charge on any atom is 0.419 e. The van der Waals surface area contributed by atoms with E-state index in [-0.39, 0.29) is 31.0 Å². The van der Waals surface area contributed by atoms with Crippen LogP contribution in [-0.4, -0.2) is 59.7 Å². The Hall–Kier alpha value is -2.80. The second-order valence-electron chi connectivity index (χ2n) is 9.43. The fourth-order valence-electron chi connectivity index (χ4n) is 3.36. The van der Waals surface area contributed by atoms with Crippen LogP contribution in [0.15, 0.2) is 30.7 Å². The first-order valence-corrected chi connectivity index (χ1v) is 12.6. The van der Waals surface area contributed by atoms with Gasteiger partial charge in [-0.05, 0) is 58.2 Å². The Morgan fingerprint density at radius 3 is 2.34 bits per heavy atom. The lowest BCUT2D eigenvalue weighted by atomic mass is 10.1. The van der Waals surface area contributed by atoms with Crippen molar-refractivity contribution in [2.24, 2.45) is 0 Å². The van der Waals surface area contributed by atoms with Gasteiger partial charge in [0.05, 0.1) is 10.3 Å². The van der Waals surface area contributed by atoms with Crippen molar-refractivity contribution in [2.75, 3.05) is 29.4 Å². The van der Waals surface area contributed by atoms with E-state index in [9.17, 15) is 26.4 Å². The van der Waals surface area contributed by atoms with Crippen molar-refractivity contribution in [3.63, 3.8) is 0 Å². The van der Waals surface area contributed by atoms with Gasteiger partial charge >= 0.3 is 6.18 Å². The monoisotopic (exact) mass is 514 g/mol. The molecule has 0 aromatic carbocycles. The number of anilines is 2. The number of sulfonamides is 1. The topological polar surface area (TPSA) is 108 Å². The SMILES string of the molecule is CC(CCc1ccnc(N2CCN(c3ncc(C(F)(F)F)cn3)CC2=O)c1)NS(=O)(=O)C(C)(C)C. The number of rotatable bonds is 7. The van der Waals surface area contributed by atoms with Gasteiger partial charge < -0.3 is 4.90 Å². The van der Waals surface area contributed by atoms with Crippen LogP contribution < -0.4 is 14.5 Å². The van der Waals surface area contributed by atoms with E-state index in [1.54, 1.807) is 40.0 Å². The van der Waals surface area contributed by atoms with Crippen molar-refractivity contribution < 1.29 is 26.4 Å². The summed E-state index contributed by atoms with van der Waals surface area (Å²) in [5.41, 5.74) is -0.0501. The number of halogens is 3. The van der Waals surface area contributed by atoms with E-state index in [1.807, 2.05) is 6.07 Å². The minimum absolute atomic E-state index is 0.0550. The maximum absolute atomic E-state index is 12.8. The molecule has 1 atom stereocenters. The van der Waals surface area contributed by atoms with Crippen molar-refractivity contribution in [1.29, 1.82) is 0 Å². The number of nitrogens with zero attached hydrogens (tertiary/aromatic N) is 5. The van der Waals surface area contributed by atoms with E-state index < -0.39 is 26.5 Å². The predicted molar refractivity (Wildman–Crippen MR) is 125 cm³/mol. The van der Waals surface area contributed by atoms with Gasteiger partial charge in [0, 0.05) is 37.7 Å². The number of nitrogens with one attached hydrogen (secondary N) is 1. The Labute approximate surface area is 202 Å². The molecule has 1 saturated heterocycles. The van der Waals surface area contributed by atoms with Crippen molar-refractivity contribution >= 4 is 27.7 Å². The van der Waals surface area contributed by atoms with Crippen LogP contribution in [0.2, 0.25) is 0 Å². The van der Waals surface area contributed by atoms with E-state index in [4.69, 9.17) is 0 Å². The lowest BCUT2D eigenvalue weighted by Gasteiger charge is -2.33. The summed E-state index contributed by atoms with van der Waals surface area (Å²) in [5, 5.41) is 0. The zero-order chi connectivity index (χ0) is 26.0. The number of aryl methyl sites for hydroxylation is 1. The van der Waals surface area contributed by atoms with Gasteiger partial charge in [-0.2, -0.15) is 13.2 Å². The molecule has 1 aliphatic rings. The second kappa shape index (κ2) is 10.1. The number of amides is 1. The highest BCUT2D eigenvalue weighted by Gasteiger charge is 2.33. The summed E-state index contributed by atoms with van der Waals surface area (Å²) in [5.74, 6) is 0.235. The van der Waals surface area contributed by atoms with Gasteiger partial charge in [-0.1, -0.05) is 0 Å². The molecule has 0 aliphatic carbocycles. The minimum Gasteiger partial charge on any atom is -0.330 e. The molecule has 0 bridgehead atoms. The molecule has 1 aliphatic heterocycles.